The smallest absolute Gasteiger partial charge is 0.343 e. The molecule has 1 N–H and O–H groups in total. The van der Waals surface area contributed by atoms with Crippen LogP contribution in [0.1, 0.15) is 15.5 Å². The van der Waals surface area contributed by atoms with Gasteiger partial charge in [-0.2, -0.15) is 18.3 Å². The van der Waals surface area contributed by atoms with E-state index in [1.807, 2.05) is 0 Å². The standard InChI is InChI=1S/C14H12F3N7OS/c15-14(16,17)12-21-22-13(26-12)24-5-3-23(4-6-24)11(25)9-2-1-8-7-18-20-10(8)19-9/h1-2,7H,3-6H2,(H,18,19,20). The van der Waals surface area contributed by atoms with Crippen LogP contribution >= 0.6 is 11.3 Å². The third kappa shape index (κ3) is 3.07. The summed E-state index contributed by atoms with van der Waals surface area (Å²) >= 11 is 0.507. The molecule has 4 heterocycles. The number of H-pyrrole nitrogens is 1. The van der Waals surface area contributed by atoms with Crippen LogP contribution in [-0.2, 0) is 6.18 Å². The Morgan fingerprint density at radius 3 is 2.62 bits per heavy atom. The van der Waals surface area contributed by atoms with Crippen molar-refractivity contribution in [2.45, 2.75) is 6.18 Å². The van der Waals surface area contributed by atoms with Gasteiger partial charge in [0.2, 0.25) is 10.1 Å². The molecule has 26 heavy (non-hydrogen) atoms. The minimum atomic E-state index is -4.50. The number of pyridine rings is 1. The SMILES string of the molecule is O=C(c1ccc2cn[nH]c2n1)N1CCN(c2nnc(C(F)(F)F)s2)CC1. The molecule has 1 saturated heterocycles. The first kappa shape index (κ1) is 16.7. The average Bonchev–Trinajstić information content (AvgIpc) is 3.29. The molecule has 3 aromatic rings. The molecule has 0 aliphatic carbocycles. The van der Waals surface area contributed by atoms with E-state index in [0.29, 0.717) is 48.9 Å². The number of nitrogens with zero attached hydrogens (tertiary/aromatic N) is 6. The maximum atomic E-state index is 12.6. The van der Waals surface area contributed by atoms with Gasteiger partial charge in [0.15, 0.2) is 5.65 Å². The van der Waals surface area contributed by atoms with Crippen molar-refractivity contribution >= 4 is 33.4 Å². The monoisotopic (exact) mass is 383 g/mol. The maximum absolute atomic E-state index is 12.6. The Kier molecular flexibility index (Phi) is 3.98. The summed E-state index contributed by atoms with van der Waals surface area (Å²) in [5, 5.41) is 13.4. The van der Waals surface area contributed by atoms with E-state index in [0.717, 1.165) is 5.39 Å². The number of amides is 1. The number of rotatable bonds is 2. The van der Waals surface area contributed by atoms with Crippen molar-refractivity contribution in [2.75, 3.05) is 31.1 Å². The second-order valence-electron chi connectivity index (χ2n) is 5.67. The van der Waals surface area contributed by atoms with Crippen molar-refractivity contribution in [3.63, 3.8) is 0 Å². The lowest BCUT2D eigenvalue weighted by Gasteiger charge is -2.34. The van der Waals surface area contributed by atoms with Gasteiger partial charge in [0.1, 0.15) is 5.69 Å². The van der Waals surface area contributed by atoms with Gasteiger partial charge in [-0.05, 0) is 12.1 Å². The Hall–Kier alpha value is -2.76. The number of alkyl halides is 3. The highest BCUT2D eigenvalue weighted by molar-refractivity contribution is 7.15. The molecule has 0 unspecified atom stereocenters. The van der Waals surface area contributed by atoms with E-state index in [2.05, 4.69) is 25.4 Å². The molecule has 0 radical (unpaired) electrons. The average molecular weight is 383 g/mol. The van der Waals surface area contributed by atoms with Crippen LogP contribution in [0.2, 0.25) is 0 Å². The molecule has 1 aliphatic rings. The summed E-state index contributed by atoms with van der Waals surface area (Å²) in [5.74, 6) is -0.227. The molecule has 1 fully saturated rings. The number of carbonyl (C=O) groups is 1. The van der Waals surface area contributed by atoms with Crippen LogP contribution < -0.4 is 4.90 Å². The Morgan fingerprint density at radius 1 is 1.15 bits per heavy atom. The van der Waals surface area contributed by atoms with Crippen LogP contribution in [0.4, 0.5) is 18.3 Å². The van der Waals surface area contributed by atoms with E-state index in [1.54, 1.807) is 28.1 Å². The number of aromatic nitrogens is 5. The summed E-state index contributed by atoms with van der Waals surface area (Å²) in [4.78, 5) is 20.1. The van der Waals surface area contributed by atoms with Gasteiger partial charge in [0, 0.05) is 31.6 Å². The van der Waals surface area contributed by atoms with Crippen LogP contribution in [-0.4, -0.2) is 62.4 Å². The Bertz CT molecular complexity index is 945. The van der Waals surface area contributed by atoms with Crippen LogP contribution in [0.25, 0.3) is 11.0 Å². The molecule has 0 saturated carbocycles. The summed E-state index contributed by atoms with van der Waals surface area (Å²) in [6, 6.07) is 3.39. The normalized spacial score (nSPS) is 15.7. The Balaban J connectivity index is 1.42. The van der Waals surface area contributed by atoms with E-state index in [-0.39, 0.29) is 11.0 Å². The Labute approximate surface area is 148 Å². The Morgan fingerprint density at radius 2 is 1.92 bits per heavy atom. The molecule has 4 rings (SSSR count). The van der Waals surface area contributed by atoms with Gasteiger partial charge in [-0.1, -0.05) is 11.3 Å². The van der Waals surface area contributed by atoms with Crippen molar-refractivity contribution in [3.8, 4) is 0 Å². The lowest BCUT2D eigenvalue weighted by atomic mass is 10.2. The van der Waals surface area contributed by atoms with Crippen LogP contribution in [0.15, 0.2) is 18.3 Å². The number of fused-ring (bicyclic) bond motifs is 1. The van der Waals surface area contributed by atoms with E-state index in [4.69, 9.17) is 0 Å². The summed E-state index contributed by atoms with van der Waals surface area (Å²) in [6.45, 7) is 1.49. The number of anilines is 1. The maximum Gasteiger partial charge on any atom is 0.445 e. The van der Waals surface area contributed by atoms with E-state index >= 15 is 0 Å². The zero-order chi connectivity index (χ0) is 18.3. The van der Waals surface area contributed by atoms with Crippen molar-refractivity contribution < 1.29 is 18.0 Å². The minimum Gasteiger partial charge on any atom is -0.343 e. The highest BCUT2D eigenvalue weighted by Gasteiger charge is 2.36. The van der Waals surface area contributed by atoms with Gasteiger partial charge in [-0.3, -0.25) is 9.89 Å². The predicted molar refractivity (Wildman–Crippen MR) is 86.9 cm³/mol. The molecule has 1 amide bonds. The van der Waals surface area contributed by atoms with Crippen molar-refractivity contribution in [3.05, 3.63) is 29.0 Å². The number of piperazine rings is 1. The lowest BCUT2D eigenvalue weighted by Crippen LogP contribution is -2.49. The number of halogens is 3. The van der Waals surface area contributed by atoms with E-state index in [9.17, 15) is 18.0 Å². The molecule has 1 aliphatic heterocycles. The number of carbonyl (C=O) groups excluding carboxylic acids is 1. The van der Waals surface area contributed by atoms with Crippen molar-refractivity contribution in [2.24, 2.45) is 0 Å². The molecule has 0 spiro atoms. The molecule has 12 heteroatoms. The third-order valence-corrected chi connectivity index (χ3v) is 5.04. The van der Waals surface area contributed by atoms with E-state index in [1.165, 1.54) is 0 Å². The topological polar surface area (TPSA) is 90.9 Å². The van der Waals surface area contributed by atoms with Gasteiger partial charge in [0.05, 0.1) is 6.20 Å². The fourth-order valence-electron chi connectivity index (χ4n) is 2.67. The summed E-state index contributed by atoms with van der Waals surface area (Å²) < 4.78 is 37.9. The zero-order valence-corrected chi connectivity index (χ0v) is 14.0. The van der Waals surface area contributed by atoms with Crippen LogP contribution in [0.3, 0.4) is 0 Å². The number of hydrogen-bond acceptors (Lipinski definition) is 7. The first-order chi connectivity index (χ1) is 12.4. The zero-order valence-electron chi connectivity index (χ0n) is 13.2. The molecule has 3 aromatic heterocycles. The number of aromatic amines is 1. The van der Waals surface area contributed by atoms with Crippen molar-refractivity contribution in [1.29, 1.82) is 0 Å². The third-order valence-electron chi connectivity index (χ3n) is 4.01. The summed E-state index contributed by atoms with van der Waals surface area (Å²) in [7, 11) is 0. The fourth-order valence-corrected chi connectivity index (χ4v) is 3.43. The number of hydrogen-bond donors (Lipinski definition) is 1. The van der Waals surface area contributed by atoms with E-state index < -0.39 is 11.2 Å². The summed E-state index contributed by atoms with van der Waals surface area (Å²) in [5.41, 5.74) is 0.827. The first-order valence-electron chi connectivity index (χ1n) is 7.67. The van der Waals surface area contributed by atoms with Gasteiger partial charge >= 0.3 is 6.18 Å². The quantitative estimate of drug-likeness (QED) is 0.726. The summed E-state index contributed by atoms with van der Waals surface area (Å²) in [6.07, 6.45) is -2.88. The van der Waals surface area contributed by atoms with Crippen LogP contribution in [0.5, 0.6) is 0 Å². The molecule has 136 valence electrons. The molecular formula is C14H12F3N7OS. The van der Waals surface area contributed by atoms with Gasteiger partial charge in [-0.15, -0.1) is 10.2 Å². The van der Waals surface area contributed by atoms with Crippen molar-refractivity contribution in [1.82, 2.24) is 30.3 Å². The molecule has 0 bridgehead atoms. The molecule has 0 aromatic carbocycles. The second-order valence-corrected chi connectivity index (χ2v) is 6.63. The second kappa shape index (κ2) is 6.20. The van der Waals surface area contributed by atoms with Crippen LogP contribution in [0, 0.1) is 0 Å². The number of nitrogens with one attached hydrogen (secondary N) is 1. The molecule has 0 atom stereocenters. The minimum absolute atomic E-state index is 0.210. The lowest BCUT2D eigenvalue weighted by molar-refractivity contribution is -0.138. The first-order valence-corrected chi connectivity index (χ1v) is 8.48. The predicted octanol–water partition coefficient (Wildman–Crippen LogP) is 1.79. The van der Waals surface area contributed by atoms with Gasteiger partial charge in [0.25, 0.3) is 5.91 Å². The van der Waals surface area contributed by atoms with Gasteiger partial charge < -0.3 is 9.80 Å². The van der Waals surface area contributed by atoms with Gasteiger partial charge in [-0.25, -0.2) is 4.98 Å². The molecule has 8 nitrogen and oxygen atoms in total. The highest BCUT2D eigenvalue weighted by Crippen LogP contribution is 2.34. The molecular weight excluding hydrogens is 371 g/mol. The highest BCUT2D eigenvalue weighted by atomic mass is 32.1. The fraction of sp³-hybridized carbons (Fsp3) is 0.357. The largest absolute Gasteiger partial charge is 0.445 e.